The molecule has 3 rings (SSSR count). The first-order valence-corrected chi connectivity index (χ1v) is 10.8. The molecule has 1 atom stereocenters. The van der Waals surface area contributed by atoms with Crippen LogP contribution in [-0.2, 0) is 6.54 Å². The van der Waals surface area contributed by atoms with Gasteiger partial charge in [-0.1, -0.05) is 11.6 Å². The summed E-state index contributed by atoms with van der Waals surface area (Å²) in [6.07, 6.45) is -4.84. The monoisotopic (exact) mass is 509 g/mol. The number of rotatable bonds is 9. The summed E-state index contributed by atoms with van der Waals surface area (Å²) in [6.45, 7) is 2.45. The summed E-state index contributed by atoms with van der Waals surface area (Å²) in [6, 6.07) is 11.6. The fourth-order valence-electron chi connectivity index (χ4n) is 3.20. The molecule has 35 heavy (non-hydrogen) atoms. The molecule has 0 aliphatic carbocycles. The molecule has 1 aromatic heterocycles. The second-order valence-electron chi connectivity index (χ2n) is 8.25. The number of nitrogens with zero attached hydrogens (tertiary/aromatic N) is 4. The van der Waals surface area contributed by atoms with E-state index < -0.39 is 23.6 Å². The zero-order valence-corrected chi connectivity index (χ0v) is 19.9. The van der Waals surface area contributed by atoms with Crippen LogP contribution < -0.4 is 14.8 Å². The Kier molecular flexibility index (Phi) is 7.77. The second-order valence-corrected chi connectivity index (χ2v) is 8.68. The Labute approximate surface area is 204 Å². The first-order valence-electron chi connectivity index (χ1n) is 10.4. The van der Waals surface area contributed by atoms with Gasteiger partial charge in [0.15, 0.2) is 0 Å². The standard InChI is InChI=1S/C23H23ClF3N5O3/c1-22(13-28,29-20(33)15-4-7-17(8-5-15)35-23(25,26)27)14-32-21(34-11-10-31(2)3)18-9-6-16(24)12-19(18)30-32/h4-9,12H,10-11,14H2,1-3H3,(H,29,33). The molecule has 0 aliphatic heterocycles. The average molecular weight is 510 g/mol. The van der Waals surface area contributed by atoms with Crippen LogP contribution in [-0.4, -0.2) is 59.7 Å². The van der Waals surface area contributed by atoms with E-state index in [9.17, 15) is 23.2 Å². The molecule has 0 spiro atoms. The van der Waals surface area contributed by atoms with Crippen molar-refractivity contribution in [3.8, 4) is 17.7 Å². The summed E-state index contributed by atoms with van der Waals surface area (Å²) >= 11 is 6.09. The number of carbonyl (C=O) groups is 1. The van der Waals surface area contributed by atoms with E-state index in [1.54, 1.807) is 18.2 Å². The number of nitrogens with one attached hydrogen (secondary N) is 1. The molecule has 0 saturated heterocycles. The van der Waals surface area contributed by atoms with Crippen LogP contribution in [0.1, 0.15) is 17.3 Å². The molecule has 12 heteroatoms. The van der Waals surface area contributed by atoms with Crippen molar-refractivity contribution in [2.24, 2.45) is 0 Å². The topological polar surface area (TPSA) is 92.4 Å². The third-order valence-electron chi connectivity index (χ3n) is 4.88. The molecular formula is C23H23ClF3N5O3. The lowest BCUT2D eigenvalue weighted by Gasteiger charge is -2.24. The summed E-state index contributed by atoms with van der Waals surface area (Å²) < 4.78 is 48.3. The van der Waals surface area contributed by atoms with Gasteiger partial charge in [-0.25, -0.2) is 4.68 Å². The van der Waals surface area contributed by atoms with Gasteiger partial charge >= 0.3 is 6.36 Å². The van der Waals surface area contributed by atoms with Crippen LogP contribution in [0.4, 0.5) is 13.2 Å². The minimum Gasteiger partial charge on any atom is -0.476 e. The number of fused-ring (bicyclic) bond motifs is 1. The molecular weight excluding hydrogens is 487 g/mol. The van der Waals surface area contributed by atoms with Gasteiger partial charge < -0.3 is 19.7 Å². The van der Waals surface area contributed by atoms with Crippen molar-refractivity contribution < 1.29 is 27.4 Å². The first kappa shape index (κ1) is 26.1. The number of ether oxygens (including phenoxy) is 2. The van der Waals surface area contributed by atoms with Gasteiger partial charge in [-0.05, 0) is 63.5 Å². The quantitative estimate of drug-likeness (QED) is 0.464. The first-order chi connectivity index (χ1) is 16.4. The van der Waals surface area contributed by atoms with Crippen LogP contribution in [0.15, 0.2) is 42.5 Å². The number of hydrogen-bond donors (Lipinski definition) is 1. The summed E-state index contributed by atoms with van der Waals surface area (Å²) in [5.74, 6) is -0.691. The Morgan fingerprint density at radius 1 is 1.23 bits per heavy atom. The molecule has 1 N–H and O–H groups in total. The molecule has 0 fully saturated rings. The van der Waals surface area contributed by atoms with E-state index in [-0.39, 0.29) is 12.1 Å². The number of benzene rings is 2. The van der Waals surface area contributed by atoms with Crippen molar-refractivity contribution in [2.75, 3.05) is 27.2 Å². The molecule has 0 saturated carbocycles. The summed E-state index contributed by atoms with van der Waals surface area (Å²) in [7, 11) is 3.81. The number of amides is 1. The molecule has 1 unspecified atom stereocenters. The highest BCUT2D eigenvalue weighted by molar-refractivity contribution is 6.31. The lowest BCUT2D eigenvalue weighted by Crippen LogP contribution is -2.48. The van der Waals surface area contributed by atoms with E-state index in [1.807, 2.05) is 19.0 Å². The van der Waals surface area contributed by atoms with Gasteiger partial charge in [0, 0.05) is 17.1 Å². The number of alkyl halides is 3. The Morgan fingerprint density at radius 2 is 1.91 bits per heavy atom. The summed E-state index contributed by atoms with van der Waals surface area (Å²) in [5.41, 5.74) is -0.811. The predicted molar refractivity (Wildman–Crippen MR) is 123 cm³/mol. The van der Waals surface area contributed by atoms with Crippen molar-refractivity contribution in [1.82, 2.24) is 20.0 Å². The van der Waals surface area contributed by atoms with Crippen LogP contribution >= 0.6 is 11.6 Å². The minimum atomic E-state index is -4.84. The van der Waals surface area contributed by atoms with Crippen LogP contribution in [0.5, 0.6) is 11.6 Å². The van der Waals surface area contributed by atoms with E-state index >= 15 is 0 Å². The third kappa shape index (κ3) is 7.00. The molecule has 1 amide bonds. The van der Waals surface area contributed by atoms with Gasteiger partial charge in [0.2, 0.25) is 5.88 Å². The van der Waals surface area contributed by atoms with Crippen LogP contribution in [0.2, 0.25) is 5.02 Å². The normalized spacial score (nSPS) is 13.3. The number of halogens is 4. The van der Waals surface area contributed by atoms with Gasteiger partial charge in [0.05, 0.1) is 23.5 Å². The second kappa shape index (κ2) is 10.4. The Morgan fingerprint density at radius 3 is 2.51 bits per heavy atom. The molecule has 0 aliphatic rings. The van der Waals surface area contributed by atoms with Crippen LogP contribution in [0.3, 0.4) is 0 Å². The summed E-state index contributed by atoms with van der Waals surface area (Å²) in [4.78, 5) is 14.7. The van der Waals surface area contributed by atoms with E-state index in [0.717, 1.165) is 12.1 Å². The molecule has 0 bridgehead atoms. The van der Waals surface area contributed by atoms with Gasteiger partial charge in [-0.3, -0.25) is 4.79 Å². The SMILES string of the molecule is CN(C)CCOc1c2ccc(Cl)cc2nn1CC(C)(C#N)NC(=O)c1ccc(OC(F)(F)F)cc1. The fourth-order valence-corrected chi connectivity index (χ4v) is 3.37. The predicted octanol–water partition coefficient (Wildman–Crippen LogP) is 4.24. The van der Waals surface area contributed by atoms with Crippen molar-refractivity contribution in [1.29, 1.82) is 5.26 Å². The smallest absolute Gasteiger partial charge is 0.476 e. The number of carbonyl (C=O) groups excluding carboxylic acids is 1. The highest BCUT2D eigenvalue weighted by Gasteiger charge is 2.32. The molecule has 186 valence electrons. The van der Waals surface area contributed by atoms with Gasteiger partial charge in [0.25, 0.3) is 5.91 Å². The highest BCUT2D eigenvalue weighted by Crippen LogP contribution is 2.29. The van der Waals surface area contributed by atoms with Gasteiger partial charge in [0.1, 0.15) is 17.9 Å². The molecule has 2 aromatic carbocycles. The Hall–Kier alpha value is -3.49. The zero-order chi connectivity index (χ0) is 25.8. The maximum atomic E-state index is 12.7. The van der Waals surface area contributed by atoms with Gasteiger partial charge in [-0.2, -0.15) is 10.4 Å². The fraction of sp³-hybridized carbons (Fsp3) is 0.348. The Balaban J connectivity index is 1.82. The van der Waals surface area contributed by atoms with E-state index in [0.29, 0.717) is 35.0 Å². The number of aromatic nitrogens is 2. The van der Waals surface area contributed by atoms with Crippen molar-refractivity contribution >= 4 is 28.4 Å². The van der Waals surface area contributed by atoms with Crippen molar-refractivity contribution in [2.45, 2.75) is 25.4 Å². The maximum Gasteiger partial charge on any atom is 0.573 e. The van der Waals surface area contributed by atoms with E-state index in [2.05, 4.69) is 21.2 Å². The molecule has 1 heterocycles. The highest BCUT2D eigenvalue weighted by atomic mass is 35.5. The number of hydrogen-bond acceptors (Lipinski definition) is 6. The van der Waals surface area contributed by atoms with Crippen molar-refractivity contribution in [3.63, 3.8) is 0 Å². The van der Waals surface area contributed by atoms with Gasteiger partial charge in [-0.15, -0.1) is 13.2 Å². The van der Waals surface area contributed by atoms with E-state index in [1.165, 1.54) is 23.7 Å². The summed E-state index contributed by atoms with van der Waals surface area (Å²) in [5, 5.41) is 18.1. The molecule has 8 nitrogen and oxygen atoms in total. The molecule has 0 radical (unpaired) electrons. The lowest BCUT2D eigenvalue weighted by molar-refractivity contribution is -0.274. The van der Waals surface area contributed by atoms with Crippen LogP contribution in [0.25, 0.3) is 10.9 Å². The third-order valence-corrected chi connectivity index (χ3v) is 5.12. The largest absolute Gasteiger partial charge is 0.573 e. The van der Waals surface area contributed by atoms with Crippen LogP contribution in [0, 0.1) is 11.3 Å². The minimum absolute atomic E-state index is 0.0564. The number of nitriles is 1. The average Bonchev–Trinajstić information content (AvgIpc) is 3.08. The molecule has 3 aromatic rings. The van der Waals surface area contributed by atoms with E-state index in [4.69, 9.17) is 16.3 Å². The van der Waals surface area contributed by atoms with Crippen molar-refractivity contribution in [3.05, 3.63) is 53.1 Å². The maximum absolute atomic E-state index is 12.7. The Bertz CT molecular complexity index is 1240. The zero-order valence-electron chi connectivity index (χ0n) is 19.2. The lowest BCUT2D eigenvalue weighted by atomic mass is 10.0. The number of likely N-dealkylation sites (N-methyl/N-ethyl adjacent to an activating group) is 1.